The average Bonchev–Trinajstić information content (AvgIpc) is 2.90. The van der Waals surface area contributed by atoms with Gasteiger partial charge in [0.15, 0.2) is 0 Å². The molecule has 0 aliphatic heterocycles. The molecule has 3 rings (SSSR count). The first kappa shape index (κ1) is 13.2. The lowest BCUT2D eigenvalue weighted by Crippen LogP contribution is -2.03. The van der Waals surface area contributed by atoms with E-state index in [-0.39, 0.29) is 5.69 Å². The summed E-state index contributed by atoms with van der Waals surface area (Å²) < 4.78 is 1.43. The van der Waals surface area contributed by atoms with E-state index in [1.165, 1.54) is 10.7 Å². The first-order chi connectivity index (χ1) is 10.1. The molecule has 1 atom stereocenters. The Balaban J connectivity index is 2.24. The van der Waals surface area contributed by atoms with Crippen LogP contribution in [0.5, 0.6) is 0 Å². The van der Waals surface area contributed by atoms with E-state index in [0.717, 1.165) is 0 Å². The molecule has 0 aliphatic carbocycles. The second-order valence-electron chi connectivity index (χ2n) is 4.67. The van der Waals surface area contributed by atoms with Gasteiger partial charge in [0.1, 0.15) is 11.2 Å². The molecule has 7 nitrogen and oxygen atoms in total. The van der Waals surface area contributed by atoms with E-state index in [4.69, 9.17) is 0 Å². The molecule has 106 valence electrons. The van der Waals surface area contributed by atoms with Gasteiger partial charge in [0.2, 0.25) is 0 Å². The maximum atomic E-state index is 11.3. The van der Waals surface area contributed by atoms with Crippen molar-refractivity contribution < 1.29 is 10.0 Å². The van der Waals surface area contributed by atoms with Crippen molar-refractivity contribution in [3.05, 3.63) is 58.1 Å². The number of hydrogen-bond donors (Lipinski definition) is 1. The van der Waals surface area contributed by atoms with Crippen LogP contribution in [-0.4, -0.2) is 25.0 Å². The van der Waals surface area contributed by atoms with Crippen molar-refractivity contribution in [2.24, 2.45) is 0 Å². The molecule has 1 heterocycles. The molecule has 2 aromatic carbocycles. The first-order valence-electron chi connectivity index (χ1n) is 6.35. The second kappa shape index (κ2) is 4.95. The van der Waals surface area contributed by atoms with Gasteiger partial charge in [-0.05, 0) is 30.7 Å². The summed E-state index contributed by atoms with van der Waals surface area (Å²) in [6.07, 6.45) is -0.773. The maximum absolute atomic E-state index is 11.3. The number of para-hydroxylation sites is 1. The molecule has 7 heteroatoms. The molecule has 0 amide bonds. The summed E-state index contributed by atoms with van der Waals surface area (Å²) in [6.45, 7) is 1.56. The zero-order valence-corrected chi connectivity index (χ0v) is 11.2. The Morgan fingerprint density at radius 2 is 2.05 bits per heavy atom. The minimum Gasteiger partial charge on any atom is -0.389 e. The Labute approximate surface area is 119 Å². The molecule has 0 aliphatic rings. The number of rotatable bonds is 3. The predicted octanol–water partition coefficient (Wildman–Crippen LogP) is 2.38. The van der Waals surface area contributed by atoms with Crippen LogP contribution in [0.25, 0.3) is 16.7 Å². The van der Waals surface area contributed by atoms with Gasteiger partial charge in [-0.2, -0.15) is 0 Å². The number of aliphatic hydroxyl groups is 1. The molecule has 0 saturated carbocycles. The van der Waals surface area contributed by atoms with Crippen LogP contribution in [-0.2, 0) is 0 Å². The average molecular weight is 284 g/mol. The molecule has 0 fully saturated rings. The van der Waals surface area contributed by atoms with Gasteiger partial charge in [0.25, 0.3) is 5.69 Å². The molecular formula is C14H12N4O3. The van der Waals surface area contributed by atoms with Crippen LogP contribution < -0.4 is 0 Å². The highest BCUT2D eigenvalue weighted by Gasteiger charge is 2.20. The molecule has 0 radical (unpaired) electrons. The molecule has 0 saturated heterocycles. The van der Waals surface area contributed by atoms with E-state index >= 15 is 0 Å². The number of nitro benzene ring substituents is 1. The molecule has 0 spiro atoms. The Morgan fingerprint density at radius 3 is 2.76 bits per heavy atom. The third-order valence-corrected chi connectivity index (χ3v) is 3.26. The second-order valence-corrected chi connectivity index (χ2v) is 4.67. The fourth-order valence-electron chi connectivity index (χ4n) is 2.17. The Bertz CT molecular complexity index is 826. The summed E-state index contributed by atoms with van der Waals surface area (Å²) in [5, 5.41) is 28.8. The van der Waals surface area contributed by atoms with E-state index in [9.17, 15) is 15.2 Å². The van der Waals surface area contributed by atoms with Crippen LogP contribution in [0.15, 0.2) is 42.5 Å². The molecule has 0 bridgehead atoms. The lowest BCUT2D eigenvalue weighted by atomic mass is 10.1. The van der Waals surface area contributed by atoms with Crippen molar-refractivity contribution in [2.45, 2.75) is 13.0 Å². The molecule has 21 heavy (non-hydrogen) atoms. The van der Waals surface area contributed by atoms with E-state index in [2.05, 4.69) is 10.3 Å². The monoisotopic (exact) mass is 284 g/mol. The Hall–Kier alpha value is -2.80. The summed E-state index contributed by atoms with van der Waals surface area (Å²) >= 11 is 0. The van der Waals surface area contributed by atoms with E-state index in [0.29, 0.717) is 22.3 Å². The highest BCUT2D eigenvalue weighted by atomic mass is 16.6. The fourth-order valence-corrected chi connectivity index (χ4v) is 2.17. The summed E-state index contributed by atoms with van der Waals surface area (Å²) in [6, 6.07) is 11.8. The van der Waals surface area contributed by atoms with Gasteiger partial charge in [-0.15, -0.1) is 5.10 Å². The standard InChI is InChI=1S/C14H12N4O3/c1-9(19)10-6-7-13(14(8-10)18(20)21)17-12-5-3-2-4-11(12)15-16-17/h2-9,19H,1H3/t9-/m1/s1. The number of fused-ring (bicyclic) bond motifs is 1. The number of nitro groups is 1. The van der Waals surface area contributed by atoms with Crippen molar-refractivity contribution >= 4 is 16.7 Å². The first-order valence-corrected chi connectivity index (χ1v) is 6.35. The van der Waals surface area contributed by atoms with Crippen LogP contribution in [0.1, 0.15) is 18.6 Å². The van der Waals surface area contributed by atoms with Gasteiger partial charge < -0.3 is 5.11 Å². The number of benzene rings is 2. The lowest BCUT2D eigenvalue weighted by molar-refractivity contribution is -0.384. The predicted molar refractivity (Wildman–Crippen MR) is 76.2 cm³/mol. The Kier molecular flexibility index (Phi) is 3.11. The van der Waals surface area contributed by atoms with Crippen molar-refractivity contribution in [3.63, 3.8) is 0 Å². The van der Waals surface area contributed by atoms with Crippen molar-refractivity contribution in [1.29, 1.82) is 0 Å². The van der Waals surface area contributed by atoms with E-state index < -0.39 is 11.0 Å². The SMILES string of the molecule is C[C@@H](O)c1ccc(-n2nnc3ccccc32)c([N+](=O)[O-])c1. The van der Waals surface area contributed by atoms with Gasteiger partial charge in [-0.25, -0.2) is 4.68 Å². The van der Waals surface area contributed by atoms with Crippen molar-refractivity contribution in [3.8, 4) is 5.69 Å². The summed E-state index contributed by atoms with van der Waals surface area (Å²) in [5.41, 5.74) is 2.02. The van der Waals surface area contributed by atoms with E-state index in [1.807, 2.05) is 12.1 Å². The van der Waals surface area contributed by atoms with Gasteiger partial charge >= 0.3 is 0 Å². The van der Waals surface area contributed by atoms with Crippen LogP contribution in [0.4, 0.5) is 5.69 Å². The van der Waals surface area contributed by atoms with Crippen LogP contribution in [0.2, 0.25) is 0 Å². The fraction of sp³-hybridized carbons (Fsp3) is 0.143. The largest absolute Gasteiger partial charge is 0.389 e. The highest BCUT2D eigenvalue weighted by molar-refractivity contribution is 5.77. The normalized spacial score (nSPS) is 12.5. The molecule has 3 aromatic rings. The van der Waals surface area contributed by atoms with Crippen molar-refractivity contribution in [2.75, 3.05) is 0 Å². The maximum Gasteiger partial charge on any atom is 0.295 e. The molecule has 1 N–H and O–H groups in total. The quantitative estimate of drug-likeness (QED) is 0.588. The number of hydrogen-bond acceptors (Lipinski definition) is 5. The summed E-state index contributed by atoms with van der Waals surface area (Å²) in [4.78, 5) is 10.8. The van der Waals surface area contributed by atoms with Crippen LogP contribution >= 0.6 is 0 Å². The summed E-state index contributed by atoms with van der Waals surface area (Å²) in [5.74, 6) is 0. The zero-order chi connectivity index (χ0) is 15.0. The van der Waals surface area contributed by atoms with Crippen molar-refractivity contribution in [1.82, 2.24) is 15.0 Å². The lowest BCUT2D eigenvalue weighted by Gasteiger charge is -2.08. The van der Waals surface area contributed by atoms with Gasteiger partial charge in [0.05, 0.1) is 16.5 Å². The third-order valence-electron chi connectivity index (χ3n) is 3.26. The van der Waals surface area contributed by atoms with Gasteiger partial charge in [0, 0.05) is 6.07 Å². The number of nitrogens with zero attached hydrogens (tertiary/aromatic N) is 4. The summed E-state index contributed by atoms with van der Waals surface area (Å²) in [7, 11) is 0. The topological polar surface area (TPSA) is 94.1 Å². The molecular weight excluding hydrogens is 272 g/mol. The van der Waals surface area contributed by atoms with Gasteiger partial charge in [-0.3, -0.25) is 10.1 Å². The third kappa shape index (κ3) is 2.23. The van der Waals surface area contributed by atoms with Crippen LogP contribution in [0.3, 0.4) is 0 Å². The Morgan fingerprint density at radius 1 is 1.29 bits per heavy atom. The molecule has 1 aromatic heterocycles. The smallest absolute Gasteiger partial charge is 0.295 e. The number of aromatic nitrogens is 3. The zero-order valence-electron chi connectivity index (χ0n) is 11.2. The van der Waals surface area contributed by atoms with Gasteiger partial charge in [-0.1, -0.05) is 23.4 Å². The van der Waals surface area contributed by atoms with E-state index in [1.54, 1.807) is 31.2 Å². The number of aliphatic hydroxyl groups excluding tert-OH is 1. The molecule has 0 unspecified atom stereocenters. The van der Waals surface area contributed by atoms with Crippen LogP contribution in [0, 0.1) is 10.1 Å². The highest BCUT2D eigenvalue weighted by Crippen LogP contribution is 2.28. The minimum absolute atomic E-state index is 0.121. The minimum atomic E-state index is -0.773.